The number of hydrogen-bond donors (Lipinski definition) is 5. The van der Waals surface area contributed by atoms with Crippen LogP contribution in [0.25, 0.3) is 11.1 Å². The van der Waals surface area contributed by atoms with Crippen LogP contribution in [0, 0.1) is 47.1 Å². The van der Waals surface area contributed by atoms with Crippen LogP contribution in [0.2, 0.25) is 0 Å². The highest BCUT2D eigenvalue weighted by Gasteiger charge is 2.48. The maximum absolute atomic E-state index is 14.9. The molecule has 8 nitrogen and oxygen atoms in total. The largest absolute Gasteiger partial charge is 0.378 e. The van der Waals surface area contributed by atoms with E-state index in [4.69, 9.17) is 10.8 Å². The standard InChI is InChI=1S/C35H36F6N6O2/c1-18-16-35(40,41)32(29(18)30(43)33(38)39)44-17-28(48)46-26(14-20-12-21(36)15-22(37)13-20)31-25(24-8-9-27(42)47(5)19(24)2)7-6-23(45-31)10-11-34(3,4)49/h6-9,12-13,15,18,26,33,42-44,49H,14,16-17H2,1-5H3,(H,46,48)/t18-,26?/m0/s1. The number of nitrogens with zero attached hydrogens (tertiary/aromatic N) is 2. The Hall–Kier alpha value is -4.90. The number of amides is 1. The van der Waals surface area contributed by atoms with E-state index in [1.165, 1.54) is 20.8 Å². The third-order valence-electron chi connectivity index (χ3n) is 8.03. The van der Waals surface area contributed by atoms with E-state index in [0.717, 1.165) is 12.1 Å². The zero-order valence-electron chi connectivity index (χ0n) is 27.4. The van der Waals surface area contributed by atoms with E-state index < -0.39 is 77.4 Å². The van der Waals surface area contributed by atoms with Gasteiger partial charge in [-0.3, -0.25) is 15.6 Å². The fourth-order valence-corrected chi connectivity index (χ4v) is 5.66. The van der Waals surface area contributed by atoms with Crippen molar-refractivity contribution in [3.05, 3.63) is 93.5 Å². The van der Waals surface area contributed by atoms with Gasteiger partial charge in [0.25, 0.3) is 12.3 Å². The van der Waals surface area contributed by atoms with Gasteiger partial charge in [-0.25, -0.2) is 22.5 Å². The molecular formula is C35H36F6N6O2. The second-order valence-electron chi connectivity index (χ2n) is 12.5. The summed E-state index contributed by atoms with van der Waals surface area (Å²) in [4.78, 5) is 18.1. The van der Waals surface area contributed by atoms with Gasteiger partial charge >= 0.3 is 0 Å². The summed E-state index contributed by atoms with van der Waals surface area (Å²) in [5, 5.41) is 31.0. The van der Waals surface area contributed by atoms with Gasteiger partial charge in [-0.05, 0) is 81.0 Å². The van der Waals surface area contributed by atoms with Crippen molar-refractivity contribution in [2.75, 3.05) is 6.54 Å². The second-order valence-corrected chi connectivity index (χ2v) is 12.5. The van der Waals surface area contributed by atoms with E-state index in [0.29, 0.717) is 22.9 Å². The summed E-state index contributed by atoms with van der Waals surface area (Å²) in [6, 6.07) is 8.07. The smallest absolute Gasteiger partial charge is 0.288 e. The molecule has 0 saturated heterocycles. The Morgan fingerprint density at radius 3 is 2.39 bits per heavy atom. The Balaban J connectivity index is 1.83. The first-order valence-electron chi connectivity index (χ1n) is 15.2. The number of carbonyl (C=O) groups excluding carboxylic acids is 1. The van der Waals surface area contributed by atoms with Gasteiger partial charge in [0.05, 0.1) is 24.0 Å². The molecule has 49 heavy (non-hydrogen) atoms. The number of pyridine rings is 2. The monoisotopic (exact) mass is 686 g/mol. The third-order valence-corrected chi connectivity index (χ3v) is 8.03. The molecule has 1 aliphatic carbocycles. The predicted octanol–water partition coefficient (Wildman–Crippen LogP) is 5.48. The van der Waals surface area contributed by atoms with Crippen LogP contribution in [0.1, 0.15) is 55.9 Å². The first-order valence-corrected chi connectivity index (χ1v) is 15.2. The first kappa shape index (κ1) is 36.9. The highest BCUT2D eigenvalue weighted by atomic mass is 19.3. The number of hydrogen-bond acceptors (Lipinski definition) is 6. The SMILES string of the molecule is Cc1c(-c2ccc(C#CC(C)(C)O)nc2C(Cc2cc(F)cc(F)c2)NC(=O)CNC2=C(C(=N)C(F)F)[C@@H](C)CC2(F)F)ccc(=N)n1C. The molecule has 0 bridgehead atoms. The number of aliphatic hydroxyl groups is 1. The van der Waals surface area contributed by atoms with Crippen molar-refractivity contribution in [2.24, 2.45) is 13.0 Å². The maximum atomic E-state index is 14.9. The Labute approximate surface area is 279 Å². The molecule has 0 spiro atoms. The number of nitrogens with one attached hydrogen (secondary N) is 4. The molecule has 2 heterocycles. The number of aromatic nitrogens is 2. The minimum absolute atomic E-state index is 0.117. The summed E-state index contributed by atoms with van der Waals surface area (Å²) in [6.07, 6.45) is -4.37. The second kappa shape index (κ2) is 14.3. The van der Waals surface area contributed by atoms with Gasteiger partial charge in [0.2, 0.25) is 5.91 Å². The molecule has 3 aromatic rings. The van der Waals surface area contributed by atoms with Crippen molar-refractivity contribution in [3.8, 4) is 23.0 Å². The van der Waals surface area contributed by atoms with Gasteiger partial charge in [-0.2, -0.15) is 8.78 Å². The molecule has 4 rings (SSSR count). The zero-order chi connectivity index (χ0) is 36.4. The lowest BCUT2D eigenvalue weighted by atomic mass is 9.94. The van der Waals surface area contributed by atoms with Gasteiger partial charge in [0.1, 0.15) is 34.1 Å². The lowest BCUT2D eigenvalue weighted by Gasteiger charge is -2.24. The van der Waals surface area contributed by atoms with Crippen molar-refractivity contribution in [3.63, 3.8) is 0 Å². The molecule has 1 aromatic carbocycles. The normalized spacial score (nSPS) is 16.3. The molecule has 2 aromatic heterocycles. The number of halogens is 6. The molecular weight excluding hydrogens is 650 g/mol. The van der Waals surface area contributed by atoms with Crippen LogP contribution in [0.4, 0.5) is 26.3 Å². The minimum atomic E-state index is -3.60. The minimum Gasteiger partial charge on any atom is -0.378 e. The Kier molecular flexibility index (Phi) is 10.8. The average Bonchev–Trinajstić information content (AvgIpc) is 3.22. The maximum Gasteiger partial charge on any atom is 0.288 e. The summed E-state index contributed by atoms with van der Waals surface area (Å²) in [5.74, 6) is -1.91. The van der Waals surface area contributed by atoms with Crippen LogP contribution in [0.3, 0.4) is 0 Å². The van der Waals surface area contributed by atoms with E-state index >= 15 is 0 Å². The summed E-state index contributed by atoms with van der Waals surface area (Å²) >= 11 is 0. The van der Waals surface area contributed by atoms with E-state index in [1.807, 2.05) is 0 Å². The number of allylic oxidation sites excluding steroid dienone is 2. The summed E-state index contributed by atoms with van der Waals surface area (Å²) < 4.78 is 86.8. The van der Waals surface area contributed by atoms with Gasteiger partial charge < -0.3 is 20.3 Å². The Morgan fingerprint density at radius 2 is 1.78 bits per heavy atom. The number of carbonyl (C=O) groups is 1. The third kappa shape index (κ3) is 8.77. The Bertz CT molecular complexity index is 1920. The lowest BCUT2D eigenvalue weighted by Crippen LogP contribution is -2.40. The topological polar surface area (TPSA) is 127 Å². The molecule has 1 amide bonds. The van der Waals surface area contributed by atoms with Crippen molar-refractivity contribution >= 4 is 11.6 Å². The van der Waals surface area contributed by atoms with Crippen LogP contribution in [0.15, 0.2) is 53.7 Å². The molecule has 260 valence electrons. The molecule has 1 unspecified atom stereocenters. The lowest BCUT2D eigenvalue weighted by molar-refractivity contribution is -0.121. The van der Waals surface area contributed by atoms with Crippen LogP contribution in [-0.2, 0) is 18.3 Å². The molecule has 0 saturated carbocycles. The molecule has 5 N–H and O–H groups in total. The number of rotatable bonds is 10. The van der Waals surface area contributed by atoms with E-state index in [2.05, 4.69) is 27.5 Å². The molecule has 1 aliphatic rings. The van der Waals surface area contributed by atoms with Gasteiger partial charge in [0.15, 0.2) is 0 Å². The van der Waals surface area contributed by atoms with Crippen molar-refractivity contribution in [2.45, 2.75) is 64.5 Å². The highest BCUT2D eigenvalue weighted by Crippen LogP contribution is 2.43. The van der Waals surface area contributed by atoms with Crippen LogP contribution < -0.4 is 16.1 Å². The van der Waals surface area contributed by atoms with Crippen LogP contribution in [0.5, 0.6) is 0 Å². The summed E-state index contributed by atoms with van der Waals surface area (Å²) in [7, 11) is 1.67. The quantitative estimate of drug-likeness (QED) is 0.110. The van der Waals surface area contributed by atoms with Crippen LogP contribution in [-0.4, -0.2) is 50.8 Å². The summed E-state index contributed by atoms with van der Waals surface area (Å²) in [6.45, 7) is 5.16. The van der Waals surface area contributed by atoms with Crippen molar-refractivity contribution in [1.29, 1.82) is 10.8 Å². The molecule has 2 atom stereocenters. The van der Waals surface area contributed by atoms with E-state index in [9.17, 15) is 36.2 Å². The fourth-order valence-electron chi connectivity index (χ4n) is 5.66. The molecule has 0 aliphatic heterocycles. The zero-order valence-corrected chi connectivity index (χ0v) is 27.4. The highest BCUT2D eigenvalue weighted by molar-refractivity contribution is 6.02. The first-order chi connectivity index (χ1) is 22.8. The molecule has 0 radical (unpaired) electrons. The van der Waals surface area contributed by atoms with Gasteiger partial charge in [-0.1, -0.05) is 12.8 Å². The van der Waals surface area contributed by atoms with E-state index in [1.54, 1.807) is 42.8 Å². The Morgan fingerprint density at radius 1 is 1.14 bits per heavy atom. The summed E-state index contributed by atoms with van der Waals surface area (Å²) in [5.41, 5.74) is -1.84. The van der Waals surface area contributed by atoms with Gasteiger partial charge in [0, 0.05) is 41.9 Å². The molecule has 14 heteroatoms. The predicted molar refractivity (Wildman–Crippen MR) is 171 cm³/mol. The van der Waals surface area contributed by atoms with Crippen molar-refractivity contribution < 1.29 is 36.2 Å². The average molecular weight is 687 g/mol. The number of alkyl halides is 4. The van der Waals surface area contributed by atoms with Crippen molar-refractivity contribution in [1.82, 2.24) is 20.2 Å². The van der Waals surface area contributed by atoms with Crippen LogP contribution >= 0.6 is 0 Å². The fraction of sp³-hybridized carbons (Fsp3) is 0.371. The molecule has 0 fully saturated rings. The van der Waals surface area contributed by atoms with Gasteiger partial charge in [-0.15, -0.1) is 0 Å². The number of benzene rings is 1. The van der Waals surface area contributed by atoms with E-state index in [-0.39, 0.29) is 28.9 Å².